The maximum atomic E-state index is 10.8. The first-order valence-electron chi connectivity index (χ1n) is 3.71. The topological polar surface area (TPSA) is 40.9 Å². The van der Waals surface area contributed by atoms with Crippen molar-refractivity contribution < 1.29 is 4.79 Å². The summed E-state index contributed by atoms with van der Waals surface area (Å²) in [7, 11) is 0. The second-order valence-electron chi connectivity index (χ2n) is 2.59. The highest BCUT2D eigenvalue weighted by atomic mass is 16.1. The van der Waals surface area contributed by atoms with Crippen LogP contribution < -0.4 is 0 Å². The van der Waals surface area contributed by atoms with Crippen molar-refractivity contribution in [1.29, 1.82) is 5.26 Å². The van der Waals surface area contributed by atoms with E-state index in [2.05, 4.69) is 0 Å². The molecule has 0 aliphatic carbocycles. The lowest BCUT2D eigenvalue weighted by molar-refractivity contribution is 0.101. The maximum absolute atomic E-state index is 10.8. The minimum atomic E-state index is 0.0542. The summed E-state index contributed by atoms with van der Waals surface area (Å²) < 4.78 is 0. The van der Waals surface area contributed by atoms with E-state index < -0.39 is 0 Å². The van der Waals surface area contributed by atoms with Crippen LogP contribution in [0.1, 0.15) is 22.8 Å². The van der Waals surface area contributed by atoms with Crippen molar-refractivity contribution in [2.24, 2.45) is 0 Å². The Hall–Kier alpha value is -1.62. The molecule has 0 N–H and O–H groups in total. The third-order valence-electron chi connectivity index (χ3n) is 1.64. The Balaban J connectivity index is 2.87. The summed E-state index contributed by atoms with van der Waals surface area (Å²) in [4.78, 5) is 10.8. The van der Waals surface area contributed by atoms with Gasteiger partial charge in [0.25, 0.3) is 0 Å². The molecule has 0 spiro atoms. The molecule has 60 valence electrons. The van der Waals surface area contributed by atoms with Gasteiger partial charge in [0.1, 0.15) is 0 Å². The van der Waals surface area contributed by atoms with E-state index in [0.717, 1.165) is 5.56 Å². The van der Waals surface area contributed by atoms with Crippen molar-refractivity contribution in [2.75, 3.05) is 0 Å². The average Bonchev–Trinajstić information content (AvgIpc) is 2.06. The van der Waals surface area contributed by atoms with Gasteiger partial charge in [0.05, 0.1) is 12.5 Å². The highest BCUT2D eigenvalue weighted by Gasteiger charge is 1.97. The number of benzene rings is 1. The summed E-state index contributed by atoms with van der Waals surface area (Å²) in [6.07, 6.45) is 0.401. The van der Waals surface area contributed by atoms with Gasteiger partial charge in [0, 0.05) is 5.56 Å². The average molecular weight is 159 g/mol. The molecular weight excluding hydrogens is 150 g/mol. The Kier molecular flexibility index (Phi) is 2.60. The highest BCUT2D eigenvalue weighted by Crippen LogP contribution is 2.04. The van der Waals surface area contributed by atoms with E-state index >= 15 is 0 Å². The molecule has 12 heavy (non-hydrogen) atoms. The van der Waals surface area contributed by atoms with Crippen molar-refractivity contribution in [3.8, 4) is 6.07 Å². The fourth-order valence-electron chi connectivity index (χ4n) is 0.949. The molecule has 0 heterocycles. The van der Waals surface area contributed by atoms with Gasteiger partial charge in [-0.1, -0.05) is 24.3 Å². The molecule has 0 aliphatic rings. The van der Waals surface area contributed by atoms with Crippen LogP contribution in [0.25, 0.3) is 0 Å². The molecule has 0 radical (unpaired) electrons. The number of hydrogen-bond acceptors (Lipinski definition) is 2. The van der Waals surface area contributed by atoms with Crippen molar-refractivity contribution in [2.45, 2.75) is 13.3 Å². The Morgan fingerprint density at radius 1 is 1.42 bits per heavy atom. The molecule has 1 aromatic rings. The molecule has 0 aliphatic heterocycles. The standard InChI is InChI=1S/C10H9NO/c1-8(12)10-4-2-9(3-5-10)6-7-11/h2-5H,6H2,1H3. The van der Waals surface area contributed by atoms with Gasteiger partial charge < -0.3 is 0 Å². The van der Waals surface area contributed by atoms with Crippen LogP contribution in [0.15, 0.2) is 24.3 Å². The molecule has 2 heteroatoms. The first-order valence-corrected chi connectivity index (χ1v) is 3.71. The van der Waals surface area contributed by atoms with Gasteiger partial charge in [-0.15, -0.1) is 0 Å². The number of hydrogen-bond donors (Lipinski definition) is 0. The molecule has 0 saturated heterocycles. The molecule has 1 rings (SSSR count). The predicted molar refractivity (Wildman–Crippen MR) is 45.8 cm³/mol. The molecular formula is C10H9NO. The second kappa shape index (κ2) is 3.68. The molecule has 0 aromatic heterocycles. The van der Waals surface area contributed by atoms with E-state index in [1.807, 2.05) is 6.07 Å². The third-order valence-corrected chi connectivity index (χ3v) is 1.64. The zero-order valence-electron chi connectivity index (χ0n) is 6.87. The lowest BCUT2D eigenvalue weighted by Gasteiger charge is -1.96. The second-order valence-corrected chi connectivity index (χ2v) is 2.59. The maximum Gasteiger partial charge on any atom is 0.159 e. The zero-order chi connectivity index (χ0) is 8.97. The summed E-state index contributed by atoms with van der Waals surface area (Å²) in [6.45, 7) is 1.53. The van der Waals surface area contributed by atoms with Crippen LogP contribution in [0.3, 0.4) is 0 Å². The molecule has 1 aromatic carbocycles. The van der Waals surface area contributed by atoms with Crippen molar-refractivity contribution in [3.05, 3.63) is 35.4 Å². The van der Waals surface area contributed by atoms with E-state index in [9.17, 15) is 4.79 Å². The van der Waals surface area contributed by atoms with E-state index in [4.69, 9.17) is 5.26 Å². The molecule has 0 atom stereocenters. The van der Waals surface area contributed by atoms with Crippen LogP contribution in [-0.4, -0.2) is 5.78 Å². The molecule has 0 saturated carbocycles. The number of nitrogens with zero attached hydrogens (tertiary/aromatic N) is 1. The Labute approximate surface area is 71.4 Å². The van der Waals surface area contributed by atoms with Gasteiger partial charge in [-0.2, -0.15) is 5.26 Å². The fraction of sp³-hybridized carbons (Fsp3) is 0.200. The van der Waals surface area contributed by atoms with Gasteiger partial charge in [0.15, 0.2) is 5.78 Å². The monoisotopic (exact) mass is 159 g/mol. The normalized spacial score (nSPS) is 9.00. The highest BCUT2D eigenvalue weighted by molar-refractivity contribution is 5.93. The van der Waals surface area contributed by atoms with E-state index in [-0.39, 0.29) is 5.78 Å². The molecule has 0 bridgehead atoms. The summed E-state index contributed by atoms with van der Waals surface area (Å²) in [5.74, 6) is 0.0542. The minimum Gasteiger partial charge on any atom is -0.295 e. The quantitative estimate of drug-likeness (QED) is 0.619. The molecule has 0 fully saturated rings. The zero-order valence-corrected chi connectivity index (χ0v) is 6.87. The van der Waals surface area contributed by atoms with Crippen molar-refractivity contribution in [1.82, 2.24) is 0 Å². The van der Waals surface area contributed by atoms with Crippen LogP contribution in [0.4, 0.5) is 0 Å². The Morgan fingerprint density at radius 3 is 2.42 bits per heavy atom. The van der Waals surface area contributed by atoms with E-state index in [1.165, 1.54) is 6.92 Å². The summed E-state index contributed by atoms with van der Waals surface area (Å²) in [5.41, 5.74) is 1.64. The number of Topliss-reactive ketones (excluding diaryl/α,β-unsaturated/α-hetero) is 1. The summed E-state index contributed by atoms with van der Waals surface area (Å²) >= 11 is 0. The van der Waals surface area contributed by atoms with Gasteiger partial charge in [-0.3, -0.25) is 4.79 Å². The summed E-state index contributed by atoms with van der Waals surface area (Å²) in [5, 5.41) is 8.38. The van der Waals surface area contributed by atoms with Gasteiger partial charge in [-0.05, 0) is 12.5 Å². The number of nitriles is 1. The lowest BCUT2D eigenvalue weighted by Crippen LogP contribution is -1.91. The van der Waals surface area contributed by atoms with Gasteiger partial charge in [-0.25, -0.2) is 0 Å². The predicted octanol–water partition coefficient (Wildman–Crippen LogP) is 1.96. The van der Waals surface area contributed by atoms with Crippen LogP contribution >= 0.6 is 0 Å². The number of carbonyl (C=O) groups excluding carboxylic acids is 1. The Bertz CT molecular complexity index is 319. The fourth-order valence-corrected chi connectivity index (χ4v) is 0.949. The van der Waals surface area contributed by atoms with Crippen LogP contribution in [0.5, 0.6) is 0 Å². The molecule has 0 unspecified atom stereocenters. The summed E-state index contributed by atoms with van der Waals surface area (Å²) in [6, 6.07) is 9.15. The van der Waals surface area contributed by atoms with E-state index in [1.54, 1.807) is 24.3 Å². The van der Waals surface area contributed by atoms with E-state index in [0.29, 0.717) is 12.0 Å². The van der Waals surface area contributed by atoms with Gasteiger partial charge in [0.2, 0.25) is 0 Å². The first-order chi connectivity index (χ1) is 5.74. The Morgan fingerprint density at radius 2 is 2.00 bits per heavy atom. The number of ketones is 1. The van der Waals surface area contributed by atoms with Crippen LogP contribution in [0.2, 0.25) is 0 Å². The van der Waals surface area contributed by atoms with Crippen molar-refractivity contribution >= 4 is 5.78 Å². The molecule has 0 amide bonds. The lowest BCUT2D eigenvalue weighted by atomic mass is 10.1. The van der Waals surface area contributed by atoms with Crippen LogP contribution in [-0.2, 0) is 6.42 Å². The minimum absolute atomic E-state index is 0.0542. The number of rotatable bonds is 2. The SMILES string of the molecule is CC(=O)c1ccc(CC#N)cc1. The van der Waals surface area contributed by atoms with Crippen molar-refractivity contribution in [3.63, 3.8) is 0 Å². The largest absolute Gasteiger partial charge is 0.295 e. The van der Waals surface area contributed by atoms with Gasteiger partial charge >= 0.3 is 0 Å². The smallest absolute Gasteiger partial charge is 0.159 e. The molecule has 2 nitrogen and oxygen atoms in total. The number of carbonyl (C=O) groups is 1. The first kappa shape index (κ1) is 8.48. The van der Waals surface area contributed by atoms with Crippen LogP contribution in [0, 0.1) is 11.3 Å². The third kappa shape index (κ3) is 1.93.